The molecule has 1 atom stereocenters. The number of aryl methyl sites for hydroxylation is 1. The van der Waals surface area contributed by atoms with E-state index in [1.54, 1.807) is 14.1 Å². The summed E-state index contributed by atoms with van der Waals surface area (Å²) in [5.41, 5.74) is 2.19. The molecule has 10 heteroatoms. The van der Waals surface area contributed by atoms with Gasteiger partial charge in [0.2, 0.25) is 11.8 Å². The molecule has 3 amide bonds. The third-order valence-electron chi connectivity index (χ3n) is 6.49. The van der Waals surface area contributed by atoms with Crippen LogP contribution in [0.15, 0.2) is 23.0 Å². The molecule has 0 spiro atoms. The van der Waals surface area contributed by atoms with Crippen molar-refractivity contribution in [1.82, 2.24) is 24.3 Å². The van der Waals surface area contributed by atoms with E-state index in [1.165, 1.54) is 14.0 Å². The van der Waals surface area contributed by atoms with Gasteiger partial charge in [-0.05, 0) is 37.0 Å². The molecule has 0 aliphatic carbocycles. The van der Waals surface area contributed by atoms with Gasteiger partial charge in [-0.3, -0.25) is 28.9 Å². The van der Waals surface area contributed by atoms with E-state index in [1.807, 2.05) is 18.2 Å². The van der Waals surface area contributed by atoms with Crippen LogP contribution in [0.4, 0.5) is 4.79 Å². The van der Waals surface area contributed by atoms with Crippen LogP contribution in [-0.4, -0.2) is 68.1 Å². The van der Waals surface area contributed by atoms with Gasteiger partial charge in [0.15, 0.2) is 0 Å². The summed E-state index contributed by atoms with van der Waals surface area (Å²) < 4.78 is 3.02. The van der Waals surface area contributed by atoms with E-state index >= 15 is 0 Å². The van der Waals surface area contributed by atoms with E-state index < -0.39 is 18.0 Å². The molecular weight excluding hydrogens is 402 g/mol. The molecule has 31 heavy (non-hydrogen) atoms. The van der Waals surface area contributed by atoms with Crippen molar-refractivity contribution in [3.05, 3.63) is 34.2 Å². The molecule has 1 aromatic heterocycles. The van der Waals surface area contributed by atoms with Crippen molar-refractivity contribution in [2.75, 3.05) is 20.1 Å². The fourth-order valence-electron chi connectivity index (χ4n) is 4.62. The second-order valence-electron chi connectivity index (χ2n) is 8.40. The Hall–Kier alpha value is -3.14. The van der Waals surface area contributed by atoms with Crippen LogP contribution in [-0.2, 0) is 23.2 Å². The summed E-state index contributed by atoms with van der Waals surface area (Å²) >= 11 is 0. The van der Waals surface area contributed by atoms with Crippen LogP contribution in [0.25, 0.3) is 11.0 Å². The predicted molar refractivity (Wildman–Crippen MR) is 113 cm³/mol. The second kappa shape index (κ2) is 8.18. The number of rotatable bonds is 4. The van der Waals surface area contributed by atoms with Crippen molar-refractivity contribution in [2.24, 2.45) is 7.05 Å². The van der Waals surface area contributed by atoms with Crippen LogP contribution in [0.1, 0.15) is 37.3 Å². The minimum atomic E-state index is -0.898. The molecule has 2 aliphatic rings. The number of carboxylic acid groups (broad SMARTS) is 1. The van der Waals surface area contributed by atoms with Crippen LogP contribution in [0.3, 0.4) is 0 Å². The van der Waals surface area contributed by atoms with Gasteiger partial charge in [-0.1, -0.05) is 6.07 Å². The van der Waals surface area contributed by atoms with E-state index in [2.05, 4.69) is 10.2 Å². The lowest BCUT2D eigenvalue weighted by atomic mass is 10.0. The second-order valence-corrected chi connectivity index (χ2v) is 8.40. The monoisotopic (exact) mass is 429 g/mol. The number of amides is 3. The highest BCUT2D eigenvalue weighted by molar-refractivity contribution is 6.00. The lowest BCUT2D eigenvalue weighted by molar-refractivity contribution is -0.135. The first kappa shape index (κ1) is 21.1. The Kier molecular flexibility index (Phi) is 5.57. The zero-order valence-electron chi connectivity index (χ0n) is 17.7. The van der Waals surface area contributed by atoms with Crippen LogP contribution in [0.5, 0.6) is 0 Å². The van der Waals surface area contributed by atoms with Crippen molar-refractivity contribution in [2.45, 2.75) is 44.3 Å². The molecule has 0 bridgehead atoms. The topological polar surface area (TPSA) is 117 Å². The maximum atomic E-state index is 12.9. The van der Waals surface area contributed by atoms with E-state index in [0.717, 1.165) is 37.0 Å². The fraction of sp³-hybridized carbons (Fsp3) is 0.524. The number of carbonyl (C=O) groups is 3. The molecule has 2 fully saturated rings. The van der Waals surface area contributed by atoms with Crippen molar-refractivity contribution in [1.29, 1.82) is 0 Å². The molecule has 1 unspecified atom stereocenters. The number of imide groups is 1. The van der Waals surface area contributed by atoms with E-state index in [0.29, 0.717) is 18.5 Å². The Morgan fingerprint density at radius 1 is 1.16 bits per heavy atom. The number of benzene rings is 1. The van der Waals surface area contributed by atoms with Crippen molar-refractivity contribution < 1.29 is 19.5 Å². The average molecular weight is 429 g/mol. The van der Waals surface area contributed by atoms with Crippen molar-refractivity contribution in [3.63, 3.8) is 0 Å². The lowest BCUT2D eigenvalue weighted by Crippen LogP contribution is -2.44. The average Bonchev–Trinajstić information content (AvgIpc) is 2.98. The first-order chi connectivity index (χ1) is 14.8. The SMILES string of the molecule is CN(C(=O)O)C1CCN(Cc2ccc3c(c2)n(C)c(=O)n3C2CCC(=O)NC2=O)CC1. The first-order valence-electron chi connectivity index (χ1n) is 10.5. The summed E-state index contributed by atoms with van der Waals surface area (Å²) in [4.78, 5) is 51.5. The van der Waals surface area contributed by atoms with Gasteiger partial charge in [0.1, 0.15) is 6.04 Å². The lowest BCUT2D eigenvalue weighted by Gasteiger charge is -2.35. The molecule has 2 aromatic rings. The summed E-state index contributed by atoms with van der Waals surface area (Å²) in [5, 5.41) is 11.5. The number of aromatic nitrogens is 2. The molecule has 1 aromatic carbocycles. The molecule has 0 radical (unpaired) electrons. The molecule has 2 aliphatic heterocycles. The van der Waals surface area contributed by atoms with Gasteiger partial charge in [0.25, 0.3) is 0 Å². The highest BCUT2D eigenvalue weighted by Gasteiger charge is 2.31. The van der Waals surface area contributed by atoms with Gasteiger partial charge in [0, 0.05) is 46.2 Å². The van der Waals surface area contributed by atoms with E-state index in [4.69, 9.17) is 5.11 Å². The van der Waals surface area contributed by atoms with Gasteiger partial charge in [-0.2, -0.15) is 0 Å². The smallest absolute Gasteiger partial charge is 0.407 e. The number of hydrogen-bond acceptors (Lipinski definition) is 5. The number of nitrogens with zero attached hydrogens (tertiary/aromatic N) is 4. The van der Waals surface area contributed by atoms with Gasteiger partial charge in [0.05, 0.1) is 11.0 Å². The Bertz CT molecular complexity index is 1100. The van der Waals surface area contributed by atoms with Gasteiger partial charge in [-0.25, -0.2) is 9.59 Å². The molecule has 0 saturated carbocycles. The molecule has 3 heterocycles. The maximum absolute atomic E-state index is 12.9. The standard InChI is InChI=1S/C21H27N5O5/c1-23(21(30)31)14-7-9-25(10-8-14)12-13-3-4-15-17(11-13)24(2)20(29)26(15)16-5-6-18(27)22-19(16)28/h3-4,11,14,16H,5-10,12H2,1-2H3,(H,30,31)(H,22,27,28). The quantitative estimate of drug-likeness (QED) is 0.698. The van der Waals surface area contributed by atoms with Gasteiger partial charge >= 0.3 is 11.8 Å². The Morgan fingerprint density at radius 3 is 2.52 bits per heavy atom. The molecule has 10 nitrogen and oxygen atoms in total. The number of likely N-dealkylation sites (tertiary alicyclic amines) is 1. The summed E-state index contributed by atoms with van der Waals surface area (Å²) in [6.45, 7) is 2.31. The molecule has 2 saturated heterocycles. The van der Waals surface area contributed by atoms with Crippen molar-refractivity contribution in [3.8, 4) is 0 Å². The number of nitrogens with one attached hydrogen (secondary N) is 1. The zero-order valence-corrected chi connectivity index (χ0v) is 17.7. The van der Waals surface area contributed by atoms with Crippen LogP contribution >= 0.6 is 0 Å². The highest BCUT2D eigenvalue weighted by Crippen LogP contribution is 2.25. The number of fused-ring (bicyclic) bond motifs is 1. The molecular formula is C21H27N5O5. The molecule has 166 valence electrons. The summed E-state index contributed by atoms with van der Waals surface area (Å²) in [5.74, 6) is -0.751. The normalized spacial score (nSPS) is 20.8. The predicted octanol–water partition coefficient (Wildman–Crippen LogP) is 0.892. The van der Waals surface area contributed by atoms with E-state index in [9.17, 15) is 19.2 Å². The number of hydrogen-bond donors (Lipinski definition) is 2. The van der Waals surface area contributed by atoms with Crippen LogP contribution in [0, 0.1) is 0 Å². The third kappa shape index (κ3) is 3.95. The van der Waals surface area contributed by atoms with E-state index in [-0.39, 0.29) is 24.1 Å². The Labute approximate surface area is 179 Å². The fourth-order valence-corrected chi connectivity index (χ4v) is 4.62. The van der Waals surface area contributed by atoms with Gasteiger partial charge in [-0.15, -0.1) is 0 Å². The number of imidazole rings is 1. The van der Waals surface area contributed by atoms with Crippen LogP contribution in [0.2, 0.25) is 0 Å². The Balaban J connectivity index is 1.53. The summed E-state index contributed by atoms with van der Waals surface area (Å²) in [6.07, 6.45) is 1.20. The minimum Gasteiger partial charge on any atom is -0.465 e. The molecule has 2 N–H and O–H groups in total. The van der Waals surface area contributed by atoms with Crippen molar-refractivity contribution >= 4 is 28.9 Å². The highest BCUT2D eigenvalue weighted by atomic mass is 16.4. The summed E-state index contributed by atoms with van der Waals surface area (Å²) in [6, 6.07) is 5.14. The first-order valence-corrected chi connectivity index (χ1v) is 10.5. The maximum Gasteiger partial charge on any atom is 0.407 e. The third-order valence-corrected chi connectivity index (χ3v) is 6.49. The molecule has 4 rings (SSSR count). The largest absolute Gasteiger partial charge is 0.465 e. The van der Waals surface area contributed by atoms with Crippen LogP contribution < -0.4 is 11.0 Å². The zero-order chi connectivity index (χ0) is 22.3. The Morgan fingerprint density at radius 2 is 1.87 bits per heavy atom. The number of carbonyl (C=O) groups excluding carboxylic acids is 2. The summed E-state index contributed by atoms with van der Waals surface area (Å²) in [7, 11) is 3.30. The van der Waals surface area contributed by atoms with Gasteiger partial charge < -0.3 is 10.0 Å². The minimum absolute atomic E-state index is 0.0413. The number of piperidine rings is 2.